The topological polar surface area (TPSA) is 249 Å². The molecule has 0 aromatic heterocycles. The van der Waals surface area contributed by atoms with Crippen LogP contribution in [0.3, 0.4) is 0 Å². The van der Waals surface area contributed by atoms with Crippen molar-refractivity contribution in [3.05, 3.63) is 0 Å². The van der Waals surface area contributed by atoms with Gasteiger partial charge >= 0.3 is 45.5 Å². The SMILES string of the molecule is O.O.O.O.O.O.[OH-].[OH-].[Sr+2]. The molecule has 0 amide bonds. The molecule has 9 heteroatoms. The molecule has 0 heterocycles. The number of hydrogen-bond donors (Lipinski definition) is 0. The van der Waals surface area contributed by atoms with Gasteiger partial charge in [-0.2, -0.15) is 0 Å². The van der Waals surface area contributed by atoms with E-state index in [0.29, 0.717) is 0 Å². The minimum absolute atomic E-state index is 0. The Kier molecular flexibility index (Phi) is 31900. The van der Waals surface area contributed by atoms with Gasteiger partial charge in [-0.15, -0.1) is 0 Å². The molecular formula is H14O8Sr. The molecule has 0 saturated heterocycles. The average molecular weight is 230 g/mol. The molecule has 8 nitrogen and oxygen atoms in total. The minimum Gasteiger partial charge on any atom is -0.870 e. The van der Waals surface area contributed by atoms with Crippen molar-refractivity contribution >= 4 is 45.5 Å². The van der Waals surface area contributed by atoms with Crippen molar-refractivity contribution in [3.63, 3.8) is 0 Å². The molecule has 0 aromatic rings. The Morgan fingerprint density at radius 2 is 0.333 bits per heavy atom. The summed E-state index contributed by atoms with van der Waals surface area (Å²) in [4.78, 5) is 0. The zero-order valence-electron chi connectivity index (χ0n) is 4.60. The van der Waals surface area contributed by atoms with Gasteiger partial charge in [0, 0.05) is 0 Å². The van der Waals surface area contributed by atoms with Gasteiger partial charge in [0.15, 0.2) is 0 Å². The fraction of sp³-hybridized carbons (Fsp3) is 0. The Bertz CT molecular complexity index is 4.53. The molecule has 0 aliphatic heterocycles. The molecule has 0 fully saturated rings. The summed E-state index contributed by atoms with van der Waals surface area (Å²) in [6, 6.07) is 0. The molecule has 0 unspecified atom stereocenters. The fourth-order valence-corrected chi connectivity index (χ4v) is 0. The first-order chi connectivity index (χ1) is 0. The van der Waals surface area contributed by atoms with Crippen LogP contribution in [0, 0.1) is 0 Å². The largest absolute Gasteiger partial charge is 2.00 e. The summed E-state index contributed by atoms with van der Waals surface area (Å²) < 4.78 is 0. The van der Waals surface area contributed by atoms with E-state index in [1.165, 1.54) is 0 Å². The molecule has 14 N–H and O–H groups in total. The van der Waals surface area contributed by atoms with Crippen LogP contribution in [0.5, 0.6) is 0 Å². The summed E-state index contributed by atoms with van der Waals surface area (Å²) in [6.45, 7) is 0. The maximum absolute atomic E-state index is 0. The standard InChI is InChI=1S/8H2O.Sr/h8*1H2;/q;;;;;;;;+2/p-2. The first-order valence-electron chi connectivity index (χ1n) is 0. The van der Waals surface area contributed by atoms with E-state index in [2.05, 4.69) is 0 Å². The van der Waals surface area contributed by atoms with Gasteiger partial charge in [-0.25, -0.2) is 0 Å². The molecule has 0 saturated carbocycles. The molecule has 9 heavy (non-hydrogen) atoms. The Morgan fingerprint density at radius 3 is 0.333 bits per heavy atom. The molecule has 0 spiro atoms. The summed E-state index contributed by atoms with van der Waals surface area (Å²) in [5.41, 5.74) is 0. The van der Waals surface area contributed by atoms with Gasteiger partial charge in [0.1, 0.15) is 0 Å². The predicted molar refractivity (Wildman–Crippen MR) is 31.3 cm³/mol. The number of rotatable bonds is 0. The van der Waals surface area contributed by atoms with Crippen molar-refractivity contribution in [2.45, 2.75) is 0 Å². The van der Waals surface area contributed by atoms with Gasteiger partial charge in [0.05, 0.1) is 0 Å². The van der Waals surface area contributed by atoms with Crippen molar-refractivity contribution in [3.8, 4) is 0 Å². The van der Waals surface area contributed by atoms with Gasteiger partial charge in [-0.1, -0.05) is 0 Å². The Labute approximate surface area is 88.6 Å². The smallest absolute Gasteiger partial charge is 0.870 e. The summed E-state index contributed by atoms with van der Waals surface area (Å²) in [5, 5.41) is 0. The van der Waals surface area contributed by atoms with Crippen LogP contribution in [-0.2, 0) is 0 Å². The fourth-order valence-electron chi connectivity index (χ4n) is 0. The van der Waals surface area contributed by atoms with Crippen molar-refractivity contribution in [2.75, 3.05) is 0 Å². The summed E-state index contributed by atoms with van der Waals surface area (Å²) in [5.74, 6) is 0. The average Bonchev–Trinajstić information content (AvgIpc) is 0. The van der Waals surface area contributed by atoms with Crippen molar-refractivity contribution in [2.24, 2.45) is 0 Å². The van der Waals surface area contributed by atoms with E-state index in [0.717, 1.165) is 0 Å². The van der Waals surface area contributed by atoms with Crippen LogP contribution in [0.4, 0.5) is 0 Å². The molecule has 0 atom stereocenters. The molecule has 0 rings (SSSR count). The van der Waals surface area contributed by atoms with Gasteiger partial charge in [0.2, 0.25) is 0 Å². The third-order valence-electron chi connectivity index (χ3n) is 0. The molecule has 0 radical (unpaired) electrons. The van der Waals surface area contributed by atoms with Crippen LogP contribution in [0.25, 0.3) is 0 Å². The van der Waals surface area contributed by atoms with Crippen LogP contribution in [0.15, 0.2) is 0 Å². The van der Waals surface area contributed by atoms with E-state index in [1.807, 2.05) is 0 Å². The van der Waals surface area contributed by atoms with E-state index >= 15 is 0 Å². The first-order valence-corrected chi connectivity index (χ1v) is 0. The summed E-state index contributed by atoms with van der Waals surface area (Å²) >= 11 is 0. The minimum atomic E-state index is 0. The second kappa shape index (κ2) is 453. The molecule has 0 bridgehead atoms. The Balaban J connectivity index is 0. The molecule has 64 valence electrons. The van der Waals surface area contributed by atoms with Gasteiger partial charge in [-0.3, -0.25) is 0 Å². The van der Waals surface area contributed by atoms with Crippen molar-refractivity contribution in [1.29, 1.82) is 0 Å². The van der Waals surface area contributed by atoms with Crippen molar-refractivity contribution < 1.29 is 43.8 Å². The second-order valence-electron chi connectivity index (χ2n) is 0. The Morgan fingerprint density at radius 1 is 0.333 bits per heavy atom. The zero-order valence-corrected chi connectivity index (χ0v) is 8.08. The second-order valence-corrected chi connectivity index (χ2v) is 0. The zero-order chi connectivity index (χ0) is 0. The van der Waals surface area contributed by atoms with Crippen LogP contribution >= 0.6 is 0 Å². The maximum atomic E-state index is 0. The predicted octanol–water partition coefficient (Wildman–Crippen LogP) is -5.68. The van der Waals surface area contributed by atoms with Gasteiger partial charge in [0.25, 0.3) is 0 Å². The normalized spacial score (nSPS) is 0. The van der Waals surface area contributed by atoms with Crippen LogP contribution in [-0.4, -0.2) is 89.3 Å². The van der Waals surface area contributed by atoms with Gasteiger partial charge < -0.3 is 43.8 Å². The van der Waals surface area contributed by atoms with E-state index in [9.17, 15) is 0 Å². The van der Waals surface area contributed by atoms with Crippen molar-refractivity contribution in [1.82, 2.24) is 0 Å². The molecular weight excluding hydrogens is 216 g/mol. The van der Waals surface area contributed by atoms with E-state index in [4.69, 9.17) is 0 Å². The molecule has 0 aromatic carbocycles. The number of hydrogen-bond acceptors (Lipinski definition) is 2. The van der Waals surface area contributed by atoms with E-state index < -0.39 is 0 Å². The van der Waals surface area contributed by atoms with Crippen LogP contribution < -0.4 is 0 Å². The Hall–Kier alpha value is 1.16. The quantitative estimate of drug-likeness (QED) is 0.368. The summed E-state index contributed by atoms with van der Waals surface area (Å²) in [6.07, 6.45) is 0. The summed E-state index contributed by atoms with van der Waals surface area (Å²) in [7, 11) is 0. The molecule has 0 aliphatic rings. The van der Waals surface area contributed by atoms with Gasteiger partial charge in [-0.05, 0) is 0 Å². The maximum Gasteiger partial charge on any atom is 2.00 e. The van der Waals surface area contributed by atoms with E-state index in [-0.39, 0.29) is 89.3 Å². The monoisotopic (exact) mass is 230 g/mol. The third kappa shape index (κ3) is 349. The third-order valence-corrected chi connectivity index (χ3v) is 0. The van der Waals surface area contributed by atoms with E-state index in [1.54, 1.807) is 0 Å². The first kappa shape index (κ1) is 633. The van der Waals surface area contributed by atoms with Crippen LogP contribution in [0.1, 0.15) is 0 Å². The van der Waals surface area contributed by atoms with Crippen LogP contribution in [0.2, 0.25) is 0 Å². The molecule has 0 aliphatic carbocycles.